The molecule has 0 fully saturated rings. The van der Waals surface area contributed by atoms with Crippen molar-refractivity contribution in [3.8, 4) is 0 Å². The Hall–Kier alpha value is -2.17. The zero-order valence-corrected chi connectivity index (χ0v) is 18.5. The van der Waals surface area contributed by atoms with E-state index in [9.17, 15) is 14.4 Å². The van der Waals surface area contributed by atoms with Gasteiger partial charge in [0.25, 0.3) is 11.5 Å². The number of rotatable bonds is 5. The van der Waals surface area contributed by atoms with Crippen LogP contribution in [0.1, 0.15) is 44.1 Å². The molecule has 7 nitrogen and oxygen atoms in total. The van der Waals surface area contributed by atoms with Gasteiger partial charge in [-0.3, -0.25) is 14.4 Å². The number of amides is 2. The van der Waals surface area contributed by atoms with Gasteiger partial charge < -0.3 is 16.0 Å². The second kappa shape index (κ2) is 7.92. The predicted molar refractivity (Wildman–Crippen MR) is 119 cm³/mol. The molecule has 3 aromatic heterocycles. The first kappa shape index (κ1) is 20.1. The number of thiophene rings is 2. The summed E-state index contributed by atoms with van der Waals surface area (Å²) in [7, 11) is 0. The first-order chi connectivity index (χ1) is 13.8. The van der Waals surface area contributed by atoms with Crippen molar-refractivity contribution in [2.75, 3.05) is 11.1 Å². The summed E-state index contributed by atoms with van der Waals surface area (Å²) in [6.07, 6.45) is 3.84. The summed E-state index contributed by atoms with van der Waals surface area (Å²) < 4.78 is 0. The van der Waals surface area contributed by atoms with Crippen molar-refractivity contribution < 1.29 is 9.59 Å². The predicted octanol–water partition coefficient (Wildman–Crippen LogP) is 3.37. The fourth-order valence-corrected chi connectivity index (χ4v) is 6.57. The minimum atomic E-state index is -0.507. The molecular weight excluding hydrogens is 428 g/mol. The highest BCUT2D eigenvalue weighted by molar-refractivity contribution is 7.99. The van der Waals surface area contributed by atoms with Gasteiger partial charge in [0.05, 0.1) is 16.7 Å². The molecule has 2 amide bonds. The largest absolute Gasteiger partial charge is 0.365 e. The smallest absolute Gasteiger partial charge is 0.260 e. The van der Waals surface area contributed by atoms with Crippen LogP contribution in [0.3, 0.4) is 0 Å². The molecule has 0 saturated heterocycles. The van der Waals surface area contributed by atoms with Crippen molar-refractivity contribution in [3.05, 3.63) is 36.8 Å². The van der Waals surface area contributed by atoms with Crippen molar-refractivity contribution in [2.45, 2.75) is 44.7 Å². The monoisotopic (exact) mass is 448 g/mol. The Morgan fingerprint density at radius 1 is 1.24 bits per heavy atom. The average Bonchev–Trinajstić information content (AvgIpc) is 3.17. The molecule has 0 aliphatic heterocycles. The molecule has 3 aromatic rings. The van der Waals surface area contributed by atoms with Gasteiger partial charge in [0.15, 0.2) is 5.16 Å². The minimum Gasteiger partial charge on any atom is -0.365 e. The SMILES string of the molecule is Cc1sc2nc(SCC(=O)Nc3sc4c(c3C(N)=O)CCCC4)[nH]c(=O)c2c1C. The summed E-state index contributed by atoms with van der Waals surface area (Å²) in [6, 6.07) is 0. The summed E-state index contributed by atoms with van der Waals surface area (Å²) in [5.41, 5.74) is 7.74. The molecule has 0 spiro atoms. The Balaban J connectivity index is 1.50. The Kier molecular flexibility index (Phi) is 5.50. The van der Waals surface area contributed by atoms with Gasteiger partial charge in [0, 0.05) is 9.75 Å². The second-order valence-corrected chi connectivity index (χ2v) is 10.2. The van der Waals surface area contributed by atoms with Crippen LogP contribution in [0.5, 0.6) is 0 Å². The van der Waals surface area contributed by atoms with Crippen LogP contribution in [0, 0.1) is 13.8 Å². The molecular formula is C19H20N4O3S3. The van der Waals surface area contributed by atoms with E-state index in [2.05, 4.69) is 15.3 Å². The molecule has 0 saturated carbocycles. The molecule has 0 aromatic carbocycles. The Morgan fingerprint density at radius 3 is 2.76 bits per heavy atom. The third-order valence-electron chi connectivity index (χ3n) is 5.03. The van der Waals surface area contributed by atoms with E-state index in [0.717, 1.165) is 58.3 Å². The second-order valence-electron chi connectivity index (χ2n) is 6.95. The Bertz CT molecular complexity index is 1190. The quantitative estimate of drug-likeness (QED) is 0.408. The maximum absolute atomic E-state index is 12.5. The van der Waals surface area contributed by atoms with Gasteiger partial charge in [0.2, 0.25) is 5.91 Å². The fraction of sp³-hybridized carbons (Fsp3) is 0.368. The van der Waals surface area contributed by atoms with E-state index in [1.54, 1.807) is 0 Å². The van der Waals surface area contributed by atoms with E-state index in [-0.39, 0.29) is 17.2 Å². The summed E-state index contributed by atoms with van der Waals surface area (Å²) >= 11 is 4.06. The number of nitrogens with zero attached hydrogens (tertiary/aromatic N) is 1. The zero-order valence-electron chi connectivity index (χ0n) is 16.0. The van der Waals surface area contributed by atoms with Crippen molar-refractivity contribution in [3.63, 3.8) is 0 Å². The molecule has 0 bridgehead atoms. The lowest BCUT2D eigenvalue weighted by atomic mass is 9.95. The number of carbonyl (C=O) groups is 2. The van der Waals surface area contributed by atoms with Gasteiger partial charge in [-0.2, -0.15) is 0 Å². The van der Waals surface area contributed by atoms with Crippen molar-refractivity contribution in [1.29, 1.82) is 0 Å². The van der Waals surface area contributed by atoms with Gasteiger partial charge in [-0.25, -0.2) is 4.98 Å². The topological polar surface area (TPSA) is 118 Å². The summed E-state index contributed by atoms with van der Waals surface area (Å²) in [5, 5.41) is 4.36. The number of nitrogens with one attached hydrogen (secondary N) is 2. The van der Waals surface area contributed by atoms with Gasteiger partial charge in [-0.15, -0.1) is 22.7 Å². The van der Waals surface area contributed by atoms with Gasteiger partial charge in [-0.1, -0.05) is 11.8 Å². The van der Waals surface area contributed by atoms with Crippen LogP contribution in [0.4, 0.5) is 5.00 Å². The van der Waals surface area contributed by atoms with Crippen molar-refractivity contribution in [2.24, 2.45) is 5.73 Å². The number of fused-ring (bicyclic) bond motifs is 2. The number of aryl methyl sites for hydroxylation is 3. The third-order valence-corrected chi connectivity index (χ3v) is 8.21. The molecule has 3 heterocycles. The van der Waals surface area contributed by atoms with Crippen LogP contribution in [0.15, 0.2) is 9.95 Å². The van der Waals surface area contributed by atoms with Crippen LogP contribution in [-0.2, 0) is 17.6 Å². The van der Waals surface area contributed by atoms with Crippen molar-refractivity contribution >= 4 is 61.5 Å². The molecule has 1 aliphatic rings. The summed E-state index contributed by atoms with van der Waals surface area (Å²) in [5.74, 6) is -0.705. The number of aromatic nitrogens is 2. The summed E-state index contributed by atoms with van der Waals surface area (Å²) in [4.78, 5) is 46.8. The van der Waals surface area contributed by atoms with E-state index in [1.165, 1.54) is 22.7 Å². The number of primary amides is 1. The lowest BCUT2D eigenvalue weighted by Gasteiger charge is -2.11. The zero-order chi connectivity index (χ0) is 20.7. The normalized spacial score (nSPS) is 13.4. The number of aromatic amines is 1. The van der Waals surface area contributed by atoms with Crippen LogP contribution in [0.2, 0.25) is 0 Å². The highest BCUT2D eigenvalue weighted by Crippen LogP contribution is 2.38. The van der Waals surface area contributed by atoms with Crippen LogP contribution >= 0.6 is 34.4 Å². The lowest BCUT2D eigenvalue weighted by Crippen LogP contribution is -2.19. The molecule has 4 rings (SSSR count). The molecule has 10 heteroatoms. The first-order valence-corrected chi connectivity index (χ1v) is 11.8. The maximum atomic E-state index is 12.5. The highest BCUT2D eigenvalue weighted by atomic mass is 32.2. The van der Waals surface area contributed by atoms with E-state index in [4.69, 9.17) is 5.73 Å². The van der Waals surface area contributed by atoms with E-state index >= 15 is 0 Å². The van der Waals surface area contributed by atoms with E-state index in [1.807, 2.05) is 13.8 Å². The van der Waals surface area contributed by atoms with Crippen LogP contribution in [0.25, 0.3) is 10.2 Å². The standard InChI is InChI=1S/C19H20N4O3S3/c1-8-9(2)28-17-13(8)16(26)22-19(23-17)27-7-12(24)21-18-14(15(20)25)10-5-3-4-6-11(10)29-18/h3-7H2,1-2H3,(H2,20,25)(H,21,24)(H,22,23,26). The number of thioether (sulfide) groups is 1. The van der Waals surface area contributed by atoms with E-state index < -0.39 is 5.91 Å². The molecule has 0 unspecified atom stereocenters. The van der Waals surface area contributed by atoms with Crippen LogP contribution < -0.4 is 16.6 Å². The first-order valence-electron chi connectivity index (χ1n) is 9.22. The molecule has 1 aliphatic carbocycles. The number of hydrogen-bond donors (Lipinski definition) is 3. The number of anilines is 1. The average molecular weight is 449 g/mol. The van der Waals surface area contributed by atoms with Gasteiger partial charge in [-0.05, 0) is 50.7 Å². The van der Waals surface area contributed by atoms with Gasteiger partial charge >= 0.3 is 0 Å². The Labute approximate surface area is 179 Å². The molecule has 152 valence electrons. The highest BCUT2D eigenvalue weighted by Gasteiger charge is 2.25. The number of nitrogens with two attached hydrogens (primary N) is 1. The van der Waals surface area contributed by atoms with Crippen LogP contribution in [-0.4, -0.2) is 27.5 Å². The number of hydrogen-bond acceptors (Lipinski definition) is 7. The third kappa shape index (κ3) is 3.84. The number of carbonyl (C=O) groups excluding carboxylic acids is 2. The molecule has 4 N–H and O–H groups in total. The fourth-order valence-electron chi connectivity index (χ4n) is 3.51. The number of H-pyrrole nitrogens is 1. The molecule has 0 radical (unpaired) electrons. The van der Waals surface area contributed by atoms with Crippen molar-refractivity contribution in [1.82, 2.24) is 9.97 Å². The van der Waals surface area contributed by atoms with Gasteiger partial charge in [0.1, 0.15) is 9.83 Å². The molecule has 29 heavy (non-hydrogen) atoms. The van der Waals surface area contributed by atoms with E-state index in [0.29, 0.717) is 25.9 Å². The lowest BCUT2D eigenvalue weighted by molar-refractivity contribution is -0.113. The summed E-state index contributed by atoms with van der Waals surface area (Å²) in [6.45, 7) is 3.86. The maximum Gasteiger partial charge on any atom is 0.260 e. The Morgan fingerprint density at radius 2 is 2.00 bits per heavy atom. The molecule has 0 atom stereocenters. The minimum absolute atomic E-state index is 0.0680.